The first-order valence-corrected chi connectivity index (χ1v) is 30.8. The average molecular weight is 971 g/mol. The van der Waals surface area contributed by atoms with E-state index >= 15 is 0 Å². The molecular formula is C63H119NO5. The van der Waals surface area contributed by atoms with Crippen LogP contribution in [-0.4, -0.2) is 47.4 Å². The van der Waals surface area contributed by atoms with Crippen molar-refractivity contribution >= 4 is 11.9 Å². The molecule has 6 heteroatoms. The summed E-state index contributed by atoms with van der Waals surface area (Å²) in [7, 11) is 0. The number of hydrogen-bond acceptors (Lipinski definition) is 5. The lowest BCUT2D eigenvalue weighted by molar-refractivity contribution is -0.143. The molecule has 1 amide bonds. The molecule has 69 heavy (non-hydrogen) atoms. The SMILES string of the molecule is CCCCC/C=C\CCCCCCCC(=O)OCCCCCCCCCCCC/C=C\CCCCCCCCCC(=O)NC(CO)C(O)/C=C/CCCCCCCCCCCCCCCCCCC. The molecule has 0 bridgehead atoms. The van der Waals surface area contributed by atoms with Gasteiger partial charge in [-0.1, -0.05) is 269 Å². The first-order chi connectivity index (χ1) is 34.0. The van der Waals surface area contributed by atoms with Crippen LogP contribution in [0.2, 0.25) is 0 Å². The van der Waals surface area contributed by atoms with Crippen molar-refractivity contribution in [1.29, 1.82) is 0 Å². The summed E-state index contributed by atoms with van der Waals surface area (Å²) in [6.45, 7) is 4.89. The van der Waals surface area contributed by atoms with Gasteiger partial charge < -0.3 is 20.3 Å². The fourth-order valence-electron chi connectivity index (χ4n) is 9.39. The molecule has 2 atom stereocenters. The van der Waals surface area contributed by atoms with Gasteiger partial charge in [0.05, 0.1) is 25.4 Å². The summed E-state index contributed by atoms with van der Waals surface area (Å²) in [4.78, 5) is 24.5. The monoisotopic (exact) mass is 970 g/mol. The van der Waals surface area contributed by atoms with Crippen LogP contribution < -0.4 is 5.32 Å². The highest BCUT2D eigenvalue weighted by molar-refractivity contribution is 5.76. The third-order valence-electron chi connectivity index (χ3n) is 14.1. The lowest BCUT2D eigenvalue weighted by atomic mass is 10.0. The number of carbonyl (C=O) groups excluding carboxylic acids is 2. The topological polar surface area (TPSA) is 95.9 Å². The summed E-state index contributed by atoms with van der Waals surface area (Å²) in [5.74, 6) is -0.0764. The van der Waals surface area contributed by atoms with Gasteiger partial charge in [0.25, 0.3) is 0 Å². The van der Waals surface area contributed by atoms with E-state index < -0.39 is 12.1 Å². The molecule has 2 unspecified atom stereocenters. The normalized spacial score (nSPS) is 12.8. The average Bonchev–Trinajstić information content (AvgIpc) is 3.35. The Hall–Kier alpha value is -1.92. The molecule has 6 nitrogen and oxygen atoms in total. The Morgan fingerprint density at radius 1 is 0.391 bits per heavy atom. The molecule has 0 aliphatic carbocycles. The van der Waals surface area contributed by atoms with Gasteiger partial charge in [-0.3, -0.25) is 9.59 Å². The predicted molar refractivity (Wildman–Crippen MR) is 301 cm³/mol. The number of amides is 1. The second-order valence-electron chi connectivity index (χ2n) is 21.0. The number of ether oxygens (including phenoxy) is 1. The highest BCUT2D eigenvalue weighted by Crippen LogP contribution is 2.17. The van der Waals surface area contributed by atoms with Crippen molar-refractivity contribution in [3.05, 3.63) is 36.5 Å². The maximum atomic E-state index is 12.5. The minimum Gasteiger partial charge on any atom is -0.466 e. The van der Waals surface area contributed by atoms with Crippen LogP contribution in [0.1, 0.15) is 328 Å². The molecule has 0 rings (SSSR count). The number of hydrogen-bond donors (Lipinski definition) is 3. The van der Waals surface area contributed by atoms with Gasteiger partial charge in [0.15, 0.2) is 0 Å². The van der Waals surface area contributed by atoms with E-state index in [0.717, 1.165) is 51.4 Å². The number of esters is 1. The molecular weight excluding hydrogens is 851 g/mol. The molecule has 0 radical (unpaired) electrons. The zero-order valence-electron chi connectivity index (χ0n) is 46.3. The number of nitrogens with one attached hydrogen (secondary N) is 1. The molecule has 0 aromatic carbocycles. The van der Waals surface area contributed by atoms with E-state index in [9.17, 15) is 19.8 Å². The largest absolute Gasteiger partial charge is 0.466 e. The minimum atomic E-state index is -0.850. The van der Waals surface area contributed by atoms with Crippen LogP contribution in [0.15, 0.2) is 36.5 Å². The number of carbonyl (C=O) groups is 2. The third-order valence-corrected chi connectivity index (χ3v) is 14.1. The second kappa shape index (κ2) is 58.6. The Balaban J connectivity index is 3.47. The molecule has 0 aliphatic heterocycles. The van der Waals surface area contributed by atoms with Crippen molar-refractivity contribution in [3.63, 3.8) is 0 Å². The van der Waals surface area contributed by atoms with Crippen LogP contribution >= 0.6 is 0 Å². The third kappa shape index (κ3) is 55.2. The first-order valence-electron chi connectivity index (χ1n) is 30.8. The summed E-state index contributed by atoms with van der Waals surface area (Å²) in [6, 6.07) is -0.634. The van der Waals surface area contributed by atoms with Crippen molar-refractivity contribution in [3.8, 4) is 0 Å². The van der Waals surface area contributed by atoms with Crippen molar-refractivity contribution in [2.45, 2.75) is 341 Å². The highest BCUT2D eigenvalue weighted by atomic mass is 16.5. The van der Waals surface area contributed by atoms with Crippen molar-refractivity contribution < 1.29 is 24.5 Å². The van der Waals surface area contributed by atoms with Gasteiger partial charge in [-0.15, -0.1) is 0 Å². The Bertz CT molecular complexity index is 1120. The summed E-state index contributed by atoms with van der Waals surface area (Å²) in [5.41, 5.74) is 0. The van der Waals surface area contributed by atoms with Gasteiger partial charge in [-0.25, -0.2) is 0 Å². The number of rotatable bonds is 57. The molecule has 3 N–H and O–H groups in total. The maximum Gasteiger partial charge on any atom is 0.305 e. The van der Waals surface area contributed by atoms with E-state index in [4.69, 9.17) is 4.74 Å². The summed E-state index contributed by atoms with van der Waals surface area (Å²) in [5, 5.41) is 23.2. The quantitative estimate of drug-likeness (QED) is 0.0321. The predicted octanol–water partition coefficient (Wildman–Crippen LogP) is 19.2. The van der Waals surface area contributed by atoms with E-state index in [0.29, 0.717) is 19.4 Å². The molecule has 0 spiro atoms. The molecule has 0 fully saturated rings. The Morgan fingerprint density at radius 2 is 0.681 bits per heavy atom. The van der Waals surface area contributed by atoms with Crippen molar-refractivity contribution in [1.82, 2.24) is 5.32 Å². The standard InChI is InChI=1S/C63H119NO5/c1-3-5-7-9-11-13-15-17-18-19-23-26-29-32-35-39-43-47-51-55-61(66)60(59-65)64-62(67)56-52-48-44-40-36-33-30-27-24-21-20-22-25-28-31-34-38-42-46-50-54-58-69-63(68)57-53-49-45-41-37-16-14-12-10-8-6-4-2/h12,14,21,24,51,55,60-61,65-66H,3-11,13,15-20,22-23,25-50,52-54,56-59H2,1-2H3,(H,64,67)/b14-12-,24-21-,55-51+. The number of unbranched alkanes of at least 4 members (excludes halogenated alkanes) is 42. The van der Waals surface area contributed by atoms with Crippen LogP contribution in [-0.2, 0) is 14.3 Å². The molecule has 0 aliphatic rings. The van der Waals surface area contributed by atoms with Crippen LogP contribution in [0.3, 0.4) is 0 Å². The van der Waals surface area contributed by atoms with Gasteiger partial charge in [0, 0.05) is 12.8 Å². The number of allylic oxidation sites excluding steroid dienone is 5. The van der Waals surface area contributed by atoms with Gasteiger partial charge in [-0.05, 0) is 83.5 Å². The van der Waals surface area contributed by atoms with Gasteiger partial charge in [-0.2, -0.15) is 0 Å². The van der Waals surface area contributed by atoms with Gasteiger partial charge in [0.2, 0.25) is 5.91 Å². The number of aliphatic hydroxyl groups is 2. The fourth-order valence-corrected chi connectivity index (χ4v) is 9.39. The van der Waals surface area contributed by atoms with E-state index in [-0.39, 0.29) is 18.5 Å². The first kappa shape index (κ1) is 67.1. The minimum absolute atomic E-state index is 0.00254. The van der Waals surface area contributed by atoms with Gasteiger partial charge in [0.1, 0.15) is 0 Å². The van der Waals surface area contributed by atoms with E-state index in [1.165, 1.54) is 250 Å². The van der Waals surface area contributed by atoms with Crippen LogP contribution in [0.25, 0.3) is 0 Å². The Labute approximate surface area is 430 Å². The molecule has 0 saturated heterocycles. The molecule has 0 aromatic heterocycles. The Kier molecular flexibility index (Phi) is 57.0. The lowest BCUT2D eigenvalue weighted by Crippen LogP contribution is -2.45. The molecule has 0 saturated carbocycles. The lowest BCUT2D eigenvalue weighted by Gasteiger charge is -2.20. The molecule has 0 heterocycles. The summed E-state index contributed by atoms with van der Waals surface area (Å²) < 4.78 is 5.46. The van der Waals surface area contributed by atoms with Crippen molar-refractivity contribution in [2.75, 3.05) is 13.2 Å². The van der Waals surface area contributed by atoms with E-state index in [1.54, 1.807) is 6.08 Å². The number of aliphatic hydroxyl groups excluding tert-OH is 2. The van der Waals surface area contributed by atoms with E-state index in [2.05, 4.69) is 43.5 Å². The molecule has 0 aromatic rings. The summed E-state index contributed by atoms with van der Waals surface area (Å²) in [6.07, 6.45) is 73.2. The van der Waals surface area contributed by atoms with Gasteiger partial charge >= 0.3 is 5.97 Å². The zero-order valence-corrected chi connectivity index (χ0v) is 46.3. The Morgan fingerprint density at radius 3 is 1.06 bits per heavy atom. The second-order valence-corrected chi connectivity index (χ2v) is 21.0. The molecule has 406 valence electrons. The maximum absolute atomic E-state index is 12.5. The van der Waals surface area contributed by atoms with E-state index in [1.807, 2.05) is 6.08 Å². The highest BCUT2D eigenvalue weighted by Gasteiger charge is 2.18. The summed E-state index contributed by atoms with van der Waals surface area (Å²) >= 11 is 0. The van der Waals surface area contributed by atoms with Crippen LogP contribution in [0.4, 0.5) is 0 Å². The fraction of sp³-hybridized carbons (Fsp3) is 0.873. The van der Waals surface area contributed by atoms with Crippen molar-refractivity contribution in [2.24, 2.45) is 0 Å². The van der Waals surface area contributed by atoms with Crippen LogP contribution in [0.5, 0.6) is 0 Å². The zero-order chi connectivity index (χ0) is 50.0. The van der Waals surface area contributed by atoms with Crippen LogP contribution in [0, 0.1) is 0 Å². The smallest absolute Gasteiger partial charge is 0.305 e.